The van der Waals surface area contributed by atoms with E-state index in [2.05, 4.69) is 0 Å². The largest absolute Gasteiger partial charge is 0.480 e. The fourth-order valence-electron chi connectivity index (χ4n) is 9.20. The van der Waals surface area contributed by atoms with Gasteiger partial charge in [-0.1, -0.05) is 13.8 Å². The van der Waals surface area contributed by atoms with Crippen LogP contribution in [0.5, 0.6) is 0 Å². The molecule has 0 saturated carbocycles. The maximum atomic E-state index is 12.3. The fourth-order valence-corrected chi connectivity index (χ4v) is 9.20. The summed E-state index contributed by atoms with van der Waals surface area (Å²) in [6, 6.07) is 0. The molecule has 0 atom stereocenters. The van der Waals surface area contributed by atoms with E-state index >= 15 is 0 Å². The van der Waals surface area contributed by atoms with E-state index in [9.17, 15) is 135 Å². The number of nitrogens with one attached hydrogen (secondary N) is 3. The summed E-state index contributed by atoms with van der Waals surface area (Å²) in [6.45, 7) is 1.58. The molecule has 39 nitrogen and oxygen atoms in total. The van der Waals surface area contributed by atoms with Gasteiger partial charge >= 0.3 is 35.8 Å². The van der Waals surface area contributed by atoms with Crippen molar-refractivity contribution in [1.82, 2.24) is 45.3 Å². The van der Waals surface area contributed by atoms with Crippen LogP contribution in [-0.4, -0.2) is 249 Å². The number of nitrogens with zero attached hydrogens (tertiary/aromatic N) is 6. The van der Waals surface area contributed by atoms with Crippen molar-refractivity contribution in [2.24, 2.45) is 32.5 Å². The highest BCUT2D eigenvalue weighted by Crippen LogP contribution is 2.48. The maximum absolute atomic E-state index is 12.3. The monoisotopic (exact) mass is 1190 g/mol. The van der Waals surface area contributed by atoms with Gasteiger partial charge in [-0.15, -0.1) is 0 Å². The molecule has 6 aliphatic rings. The van der Waals surface area contributed by atoms with Crippen LogP contribution in [0.1, 0.15) is 52.9 Å². The Morgan fingerprint density at radius 2 is 0.643 bits per heavy atom. The molecule has 15 amide bonds. The number of carbonyl (C=O) groups is 24. The Labute approximate surface area is 465 Å². The molecule has 0 radical (unpaired) electrons. The SMILES string of the molecule is CCCC(=O)C(C(=O)O)(C(=O)O)C(=O)NCCC(=O)C(C(=O)O)(C(=O)O)C(=O)NC.CCCC(=O)C(C(=O)O)(C(=O)O)C(=O)NCN1C(=O)C2(C(=O)N(C)C2=O)C1=O.CCN1C(=O)C2(C1=O)C(=O)N(CN1C(=O)C3(C(=O)N(C)C3=O)C1=O)C2=O. The number of carboxylic acids is 6. The molecule has 6 heterocycles. The van der Waals surface area contributed by atoms with Gasteiger partial charge < -0.3 is 46.6 Å². The number of aliphatic carboxylic acids is 6. The minimum absolute atomic E-state index is 0.00331. The van der Waals surface area contributed by atoms with Gasteiger partial charge in [-0.25, -0.2) is 28.8 Å². The third-order valence-electron chi connectivity index (χ3n) is 14.0. The fraction of sp³-hybridized carbons (Fsp3) is 0.467. The van der Waals surface area contributed by atoms with E-state index in [0.717, 1.165) is 26.0 Å². The lowest BCUT2D eigenvalue weighted by atomic mass is 9.68. The molecular formula is C45H45N9O30. The van der Waals surface area contributed by atoms with Crippen LogP contribution in [0.15, 0.2) is 0 Å². The van der Waals surface area contributed by atoms with Gasteiger partial charge in [0.25, 0.3) is 121 Å². The number of hydrogen-bond donors (Lipinski definition) is 9. The number of rotatable bonds is 24. The first-order valence-corrected chi connectivity index (χ1v) is 23.7. The molecule has 0 aliphatic carbocycles. The molecule has 0 aromatic rings. The van der Waals surface area contributed by atoms with Gasteiger partial charge in [-0.05, 0) is 19.8 Å². The molecule has 450 valence electrons. The summed E-state index contributed by atoms with van der Waals surface area (Å²) < 4.78 is 0. The second kappa shape index (κ2) is 22.6. The topological polar surface area (TPSA) is 587 Å². The lowest BCUT2D eigenvalue weighted by Crippen LogP contribution is -2.87. The first-order valence-electron chi connectivity index (χ1n) is 23.7. The number of carbonyl (C=O) groups excluding carboxylic acids is 18. The normalized spacial score (nSPS) is 17.9. The van der Waals surface area contributed by atoms with Gasteiger partial charge in [0.1, 0.15) is 13.3 Å². The van der Waals surface area contributed by atoms with Crippen LogP contribution in [0.25, 0.3) is 0 Å². The standard InChI is InChI=1S/C16H20N2O12.C15H15N3O10.C14H10N4O8/c1-3-4-7(19)16(13(27)28,14(29)30)10(22)18-6-5-8(20)15(11(23)24,12(25)26)9(21)17-2;1-3-4-6(19)14(12(25)26,13(27)28)7(20)16-5-18-10(23)15(11(18)24)8(21)17(2)9(15)22;1-3-16-7(21)14(8(16)22)11(25)18(12(14)26)4-17-9(23)13(10(17)24)5(19)15(2)6(13)20/h3-6H2,1-2H3,(H,17,21)(H,18,22)(H,23,24)(H,25,26)(H,27,28)(H,29,30);3-5H2,1-2H3,(H,16,20)(H,25,26)(H,27,28);3-4H2,1-2H3. The summed E-state index contributed by atoms with van der Waals surface area (Å²) in [6.07, 6.45) is -2.10. The summed E-state index contributed by atoms with van der Waals surface area (Å²) in [5.74, 6) is -36.4. The predicted octanol–water partition coefficient (Wildman–Crippen LogP) is -9.53. The van der Waals surface area contributed by atoms with Gasteiger partial charge in [0, 0.05) is 53.5 Å². The molecule has 0 aromatic carbocycles. The summed E-state index contributed by atoms with van der Waals surface area (Å²) in [5, 5.41) is 60.3. The molecule has 6 rings (SSSR count). The molecule has 0 unspecified atom stereocenters. The second-order valence-corrected chi connectivity index (χ2v) is 18.3. The zero-order valence-electron chi connectivity index (χ0n) is 44.0. The lowest BCUT2D eigenvalue weighted by molar-refractivity contribution is -0.208. The van der Waals surface area contributed by atoms with Crippen LogP contribution in [0.2, 0.25) is 0 Å². The Balaban J connectivity index is 0.000000271. The Morgan fingerprint density at radius 1 is 0.381 bits per heavy atom. The van der Waals surface area contributed by atoms with Gasteiger partial charge in [0.15, 0.2) is 17.3 Å². The van der Waals surface area contributed by atoms with Gasteiger partial charge in [0.05, 0.1) is 0 Å². The molecule has 6 fully saturated rings. The Morgan fingerprint density at radius 3 is 0.929 bits per heavy atom. The minimum Gasteiger partial charge on any atom is -0.480 e. The van der Waals surface area contributed by atoms with E-state index in [0.29, 0.717) is 19.6 Å². The Kier molecular flexibility index (Phi) is 17.6. The van der Waals surface area contributed by atoms with Gasteiger partial charge in [0.2, 0.25) is 0 Å². The highest BCUT2D eigenvalue weighted by atomic mass is 16.4. The van der Waals surface area contributed by atoms with Crippen molar-refractivity contribution < 1.29 is 146 Å². The number of hydrogen-bond acceptors (Lipinski definition) is 24. The number of Topliss-reactive ketones (excluding diaryl/α,β-unsaturated/α-hetero) is 3. The van der Waals surface area contributed by atoms with Crippen LogP contribution >= 0.6 is 0 Å². The van der Waals surface area contributed by atoms with Crippen LogP contribution in [0.4, 0.5) is 0 Å². The van der Waals surface area contributed by atoms with Crippen LogP contribution < -0.4 is 16.0 Å². The molecular weight excluding hydrogens is 1150 g/mol. The number of ketones is 3. The van der Waals surface area contributed by atoms with Gasteiger partial charge in [-0.2, -0.15) is 0 Å². The molecule has 39 heteroatoms. The number of β-lactam (4-membered cyclic amide) rings is 12. The van der Waals surface area contributed by atoms with E-state index in [1.54, 1.807) is 16.0 Å². The van der Waals surface area contributed by atoms with Crippen molar-refractivity contribution in [2.75, 3.05) is 47.6 Å². The quantitative estimate of drug-likeness (QED) is 0.0320. The smallest absolute Gasteiger partial charge is 0.338 e. The van der Waals surface area contributed by atoms with Crippen molar-refractivity contribution in [3.8, 4) is 0 Å². The van der Waals surface area contributed by atoms with Crippen molar-refractivity contribution in [3.05, 3.63) is 0 Å². The van der Waals surface area contributed by atoms with E-state index in [1.807, 2.05) is 0 Å². The summed E-state index contributed by atoms with van der Waals surface area (Å²) in [4.78, 5) is 288. The molecule has 6 aliphatic heterocycles. The third kappa shape index (κ3) is 8.22. The van der Waals surface area contributed by atoms with Crippen LogP contribution in [0.3, 0.4) is 0 Å². The van der Waals surface area contributed by atoms with E-state index < -0.39 is 213 Å². The maximum Gasteiger partial charge on any atom is 0.338 e. The molecule has 3 spiro atoms. The Hall–Kier alpha value is -10.9. The highest BCUT2D eigenvalue weighted by molar-refractivity contribution is 6.55. The number of amides is 15. The number of likely N-dealkylation sites (tertiary alicyclic amines) is 6. The zero-order valence-corrected chi connectivity index (χ0v) is 44.0. The first-order chi connectivity index (χ1) is 38.8. The van der Waals surface area contributed by atoms with Crippen molar-refractivity contribution in [2.45, 2.75) is 52.9 Å². The Bertz CT molecular complexity index is 3100. The van der Waals surface area contributed by atoms with Gasteiger partial charge in [-0.3, -0.25) is 116 Å². The number of imide groups is 6. The average molecular weight is 1190 g/mol. The lowest BCUT2D eigenvalue weighted by Gasteiger charge is -2.55. The molecule has 6 saturated heterocycles. The third-order valence-corrected chi connectivity index (χ3v) is 14.0. The zero-order chi connectivity index (χ0) is 64.8. The van der Waals surface area contributed by atoms with E-state index in [4.69, 9.17) is 10.2 Å². The van der Waals surface area contributed by atoms with Crippen molar-refractivity contribution in [1.29, 1.82) is 0 Å². The molecule has 0 aromatic heterocycles. The summed E-state index contributed by atoms with van der Waals surface area (Å²) in [7, 11) is 3.05. The van der Waals surface area contributed by atoms with Crippen LogP contribution in [0, 0.1) is 32.5 Å². The molecule has 84 heavy (non-hydrogen) atoms. The van der Waals surface area contributed by atoms with E-state index in [-0.39, 0.29) is 24.3 Å². The van der Waals surface area contributed by atoms with Crippen molar-refractivity contribution >= 4 is 142 Å². The molecule has 9 N–H and O–H groups in total. The highest BCUT2D eigenvalue weighted by Gasteiger charge is 2.83. The number of carboxylic acid groups (broad SMARTS) is 6. The summed E-state index contributed by atoms with van der Waals surface area (Å²) >= 11 is 0. The second-order valence-electron chi connectivity index (χ2n) is 18.3. The first kappa shape index (κ1) is 65.6. The van der Waals surface area contributed by atoms with E-state index in [1.165, 1.54) is 20.8 Å². The summed E-state index contributed by atoms with van der Waals surface area (Å²) in [5.41, 5.74) is -17.8. The minimum atomic E-state index is -3.55. The van der Waals surface area contributed by atoms with Crippen molar-refractivity contribution in [3.63, 3.8) is 0 Å². The predicted molar refractivity (Wildman–Crippen MR) is 248 cm³/mol. The van der Waals surface area contributed by atoms with Crippen LogP contribution in [-0.2, 0) is 115 Å². The average Bonchev–Trinajstić information content (AvgIpc) is 0.725. The molecule has 0 bridgehead atoms.